The number of ketones is 1. The van der Waals surface area contributed by atoms with Gasteiger partial charge in [-0.05, 0) is 0 Å². The second-order valence-electron chi connectivity index (χ2n) is 10.2. The van der Waals surface area contributed by atoms with Gasteiger partial charge in [0.05, 0.1) is 0 Å². The molecule has 0 spiro atoms. The summed E-state index contributed by atoms with van der Waals surface area (Å²) in [5, 5.41) is 3.42. The van der Waals surface area contributed by atoms with Crippen molar-refractivity contribution in [3.05, 3.63) is 163 Å². The molecular weight excluding hydrogens is 483 g/mol. The van der Waals surface area contributed by atoms with E-state index in [1.807, 2.05) is 66.7 Å². The first-order valence-electron chi connectivity index (χ1n) is 13.2. The zero-order chi connectivity index (χ0) is 26.1. The van der Waals surface area contributed by atoms with Crippen molar-refractivity contribution in [1.29, 1.82) is 0 Å². The van der Waals surface area contributed by atoms with E-state index in [9.17, 15) is 4.79 Å². The van der Waals surface area contributed by atoms with Gasteiger partial charge < -0.3 is 0 Å². The van der Waals surface area contributed by atoms with Gasteiger partial charge in [-0.2, -0.15) is 0 Å². The number of Topliss-reactive ketones (excluding diaryl/α,β-unsaturated/α-hetero) is 1. The predicted octanol–water partition coefficient (Wildman–Crippen LogP) is 6.88. The van der Waals surface area contributed by atoms with Crippen molar-refractivity contribution in [2.45, 2.75) is 12.5 Å². The minimum absolute atomic E-state index is 0.00564. The van der Waals surface area contributed by atoms with Crippen molar-refractivity contribution in [2.24, 2.45) is 5.92 Å². The summed E-state index contributed by atoms with van der Waals surface area (Å²) < 4.78 is 7.88. The Hall–Kier alpha value is -3.84. The van der Waals surface area contributed by atoms with Crippen molar-refractivity contribution in [3.63, 3.8) is 0 Å². The monoisotopic (exact) mass is 514 g/mol. The normalized spacial score (nSPS) is 22.7. The Morgan fingerprint density at radius 2 is 0.974 bits per heavy atom. The van der Waals surface area contributed by atoms with E-state index in [1.165, 1.54) is 0 Å². The molecule has 0 bridgehead atoms. The fourth-order valence-electron chi connectivity index (χ4n) is 6.47. The molecule has 6 rings (SSSR count). The molecule has 3 heteroatoms. The summed E-state index contributed by atoms with van der Waals surface area (Å²) in [7, 11) is 0. The van der Waals surface area contributed by atoms with E-state index in [0.29, 0.717) is 5.56 Å². The van der Waals surface area contributed by atoms with E-state index in [2.05, 4.69) is 91.9 Å². The first-order valence-corrected chi connectivity index (χ1v) is 15.5. The molecule has 1 heterocycles. The number of benzene rings is 5. The fraction of sp³-hybridized carbons (Fsp3) is 0.114. The molecule has 2 unspecified atom stereocenters. The van der Waals surface area contributed by atoms with E-state index >= 15 is 0 Å². The molecule has 0 radical (unpaired) electrons. The Labute approximate surface area is 225 Å². The van der Waals surface area contributed by atoms with E-state index in [1.54, 1.807) is 0 Å². The van der Waals surface area contributed by atoms with Crippen LogP contribution in [-0.4, -0.2) is 11.9 Å². The van der Waals surface area contributed by atoms with Gasteiger partial charge in [0.1, 0.15) is 0 Å². The molecule has 2 atom stereocenters. The van der Waals surface area contributed by atoms with Gasteiger partial charge >= 0.3 is 225 Å². The summed E-state index contributed by atoms with van der Waals surface area (Å²) in [6, 6.07) is 51.6. The maximum absolute atomic E-state index is 14.8. The summed E-state index contributed by atoms with van der Waals surface area (Å²) in [4.78, 5) is 14.8. The van der Waals surface area contributed by atoms with Gasteiger partial charge in [-0.3, -0.25) is 0 Å². The Bertz CT molecular complexity index is 1440. The molecular formula is C35H31O2P. The Kier molecular flexibility index (Phi) is 6.11. The molecule has 5 aromatic carbocycles. The number of hydrogen-bond donors (Lipinski definition) is 0. The third-order valence-electron chi connectivity index (χ3n) is 8.14. The number of rotatable bonds is 6. The third kappa shape index (κ3) is 3.45. The Morgan fingerprint density at radius 1 is 0.605 bits per heavy atom. The van der Waals surface area contributed by atoms with Gasteiger partial charge in [-0.25, -0.2) is 0 Å². The average Bonchev–Trinajstić information content (AvgIpc) is 3.31. The summed E-state index contributed by atoms with van der Waals surface area (Å²) in [5.74, 6) is -0.0954. The summed E-state index contributed by atoms with van der Waals surface area (Å²) in [6.07, 6.45) is 0.719. The molecule has 0 amide bonds. The van der Waals surface area contributed by atoms with Crippen LogP contribution in [-0.2, 0) is 10.1 Å². The zero-order valence-electron chi connectivity index (χ0n) is 21.5. The van der Waals surface area contributed by atoms with Gasteiger partial charge in [0, 0.05) is 0 Å². The Balaban J connectivity index is 1.75. The number of hydrogen-bond acceptors (Lipinski definition) is 2. The molecule has 1 fully saturated rings. The van der Waals surface area contributed by atoms with Crippen LogP contribution in [0, 0.1) is 5.92 Å². The van der Waals surface area contributed by atoms with Gasteiger partial charge in [0.2, 0.25) is 0 Å². The molecule has 0 aliphatic carbocycles. The van der Waals surface area contributed by atoms with Gasteiger partial charge in [0.25, 0.3) is 0 Å². The van der Waals surface area contributed by atoms with Crippen LogP contribution in [0.1, 0.15) is 22.8 Å². The van der Waals surface area contributed by atoms with Crippen LogP contribution in [0.2, 0.25) is 0 Å². The van der Waals surface area contributed by atoms with Crippen LogP contribution >= 0.6 is 6.83 Å². The topological polar surface area (TPSA) is 26.3 Å². The molecule has 1 aliphatic rings. The van der Waals surface area contributed by atoms with Crippen molar-refractivity contribution in [2.75, 3.05) is 6.16 Å². The maximum atomic E-state index is 14.8. The molecule has 0 N–H and O–H groups in total. The number of carbonyl (C=O) groups is 1. The molecule has 1 aliphatic heterocycles. The SMILES string of the molecule is CC1CP(c2ccccc2)(c2ccccc2)(c2ccccc2)OC1(C(=O)c1ccccc1)c1ccccc1. The average molecular weight is 515 g/mol. The molecule has 38 heavy (non-hydrogen) atoms. The standard InChI is InChI=1S/C35H31O2P/c1-28-27-38(31-21-11-4-12-22-31,32-23-13-5-14-24-32,33-25-15-6-16-26-33)37-35(28,30-19-9-3-10-20-30)34(36)29-17-7-2-8-18-29/h2-26,28H,27H2,1H3. The molecule has 0 saturated carbocycles. The van der Waals surface area contributed by atoms with Crippen LogP contribution in [0.4, 0.5) is 0 Å². The fourth-order valence-corrected chi connectivity index (χ4v) is 13.1. The first kappa shape index (κ1) is 24.5. The van der Waals surface area contributed by atoms with Crippen LogP contribution < -0.4 is 15.9 Å². The number of carbonyl (C=O) groups excluding carboxylic acids is 1. The van der Waals surface area contributed by atoms with Gasteiger partial charge in [-0.1, -0.05) is 0 Å². The van der Waals surface area contributed by atoms with Crippen molar-refractivity contribution in [1.82, 2.24) is 0 Å². The second kappa shape index (κ2) is 9.48. The molecule has 0 aromatic heterocycles. The molecule has 5 aromatic rings. The first-order chi connectivity index (χ1) is 18.6. The van der Waals surface area contributed by atoms with E-state index < -0.39 is 12.4 Å². The third-order valence-corrected chi connectivity index (χ3v) is 14.3. The van der Waals surface area contributed by atoms with Gasteiger partial charge in [0.15, 0.2) is 0 Å². The van der Waals surface area contributed by atoms with Gasteiger partial charge in [-0.15, -0.1) is 0 Å². The van der Waals surface area contributed by atoms with E-state index in [0.717, 1.165) is 27.6 Å². The second-order valence-corrected chi connectivity index (χ2v) is 14.7. The summed E-state index contributed by atoms with van der Waals surface area (Å²) >= 11 is 0. The van der Waals surface area contributed by atoms with Crippen LogP contribution in [0.5, 0.6) is 0 Å². The summed E-state index contributed by atoms with van der Waals surface area (Å²) in [6.45, 7) is -1.45. The van der Waals surface area contributed by atoms with Crippen LogP contribution in [0.25, 0.3) is 0 Å². The van der Waals surface area contributed by atoms with Crippen LogP contribution in [0.3, 0.4) is 0 Å². The molecule has 2 nitrogen and oxygen atoms in total. The minimum atomic E-state index is -3.64. The van der Waals surface area contributed by atoms with Crippen molar-refractivity contribution in [3.8, 4) is 0 Å². The van der Waals surface area contributed by atoms with Crippen LogP contribution in [0.15, 0.2) is 152 Å². The van der Waals surface area contributed by atoms with Crippen molar-refractivity contribution < 1.29 is 9.32 Å². The molecule has 1 saturated heterocycles. The quantitative estimate of drug-likeness (QED) is 0.182. The van der Waals surface area contributed by atoms with E-state index in [4.69, 9.17) is 4.52 Å². The van der Waals surface area contributed by atoms with Crippen molar-refractivity contribution >= 4 is 28.5 Å². The molecule has 188 valence electrons. The Morgan fingerprint density at radius 3 is 1.39 bits per heavy atom. The van der Waals surface area contributed by atoms with E-state index in [-0.39, 0.29) is 11.7 Å². The predicted molar refractivity (Wildman–Crippen MR) is 159 cm³/mol. The zero-order valence-corrected chi connectivity index (χ0v) is 22.4. The summed E-state index contributed by atoms with van der Waals surface area (Å²) in [5.41, 5.74) is 0.397.